The Kier molecular flexibility index (Phi) is 6.56. The third kappa shape index (κ3) is 4.10. The van der Waals surface area contributed by atoms with Crippen LogP contribution in [0.15, 0.2) is 25.3 Å². The highest BCUT2D eigenvalue weighted by molar-refractivity contribution is 4.93. The zero-order valence-electron chi connectivity index (χ0n) is 9.63. The molecule has 1 heteroatoms. The number of hydrogen-bond acceptors (Lipinski definition) is 1. The van der Waals surface area contributed by atoms with E-state index < -0.39 is 0 Å². The second kappa shape index (κ2) is 6.83. The van der Waals surface area contributed by atoms with Crippen LogP contribution < -0.4 is 0 Å². The number of unbranched alkanes of at least 4 members (excludes halogenated alkanes) is 1. The molecule has 1 nitrogen and oxygen atoms in total. The molecule has 0 saturated heterocycles. The zero-order valence-corrected chi connectivity index (χ0v) is 9.63. The molecule has 0 aromatic rings. The minimum absolute atomic E-state index is 0.0708. The molecule has 0 aromatic heterocycles. The van der Waals surface area contributed by atoms with Crippen molar-refractivity contribution < 1.29 is 5.11 Å². The Labute approximate surface area is 88.5 Å². The van der Waals surface area contributed by atoms with Gasteiger partial charge in [-0.2, -0.15) is 0 Å². The second-order valence-electron chi connectivity index (χ2n) is 4.30. The summed E-state index contributed by atoms with van der Waals surface area (Å²) in [5, 5.41) is 10.1. The average Bonchev–Trinajstić information content (AvgIpc) is 2.15. The van der Waals surface area contributed by atoms with Crippen molar-refractivity contribution in [1.29, 1.82) is 0 Å². The lowest BCUT2D eigenvalue weighted by Crippen LogP contribution is -2.31. The molecular formula is C13H24O. The Morgan fingerprint density at radius 2 is 1.79 bits per heavy atom. The van der Waals surface area contributed by atoms with E-state index in [9.17, 15) is 5.11 Å². The third-order valence-electron chi connectivity index (χ3n) is 2.86. The largest absolute Gasteiger partial charge is 0.393 e. The van der Waals surface area contributed by atoms with Gasteiger partial charge in [-0.1, -0.05) is 38.8 Å². The maximum absolute atomic E-state index is 10.1. The lowest BCUT2D eigenvalue weighted by Gasteiger charge is -2.33. The fourth-order valence-electron chi connectivity index (χ4n) is 1.76. The fourth-order valence-corrected chi connectivity index (χ4v) is 1.76. The summed E-state index contributed by atoms with van der Waals surface area (Å²) in [6.07, 6.45) is 8.35. The summed E-state index contributed by atoms with van der Waals surface area (Å²) >= 11 is 0. The van der Waals surface area contributed by atoms with Crippen molar-refractivity contribution in [3.63, 3.8) is 0 Å². The molecule has 0 fully saturated rings. The van der Waals surface area contributed by atoms with Crippen LogP contribution in [0.4, 0.5) is 0 Å². The first-order valence-electron chi connectivity index (χ1n) is 5.50. The number of aliphatic hydroxyl groups is 1. The maximum atomic E-state index is 10.1. The maximum Gasteiger partial charge on any atom is 0.0599 e. The molecule has 0 aromatic carbocycles. The molecule has 0 spiro atoms. The molecule has 0 amide bonds. The molecule has 82 valence electrons. The monoisotopic (exact) mass is 196 g/mol. The summed E-state index contributed by atoms with van der Waals surface area (Å²) < 4.78 is 0. The van der Waals surface area contributed by atoms with Gasteiger partial charge in [-0.15, -0.1) is 13.2 Å². The Morgan fingerprint density at radius 1 is 1.29 bits per heavy atom. The Balaban J connectivity index is 4.28. The lowest BCUT2D eigenvalue weighted by molar-refractivity contribution is 0.0325. The summed E-state index contributed by atoms with van der Waals surface area (Å²) in [6, 6.07) is 0. The predicted octanol–water partition coefficient (Wildman–Crippen LogP) is 3.70. The van der Waals surface area contributed by atoms with Crippen molar-refractivity contribution in [3.8, 4) is 0 Å². The van der Waals surface area contributed by atoms with Crippen molar-refractivity contribution >= 4 is 0 Å². The number of aliphatic hydroxyl groups excluding tert-OH is 1. The van der Waals surface area contributed by atoms with Crippen LogP contribution >= 0.6 is 0 Å². The van der Waals surface area contributed by atoms with Gasteiger partial charge in [-0.05, 0) is 19.3 Å². The molecule has 0 heterocycles. The van der Waals surface area contributed by atoms with Gasteiger partial charge in [0, 0.05) is 5.41 Å². The summed E-state index contributed by atoms with van der Waals surface area (Å²) in [6.45, 7) is 11.7. The van der Waals surface area contributed by atoms with Crippen LogP contribution in [0.2, 0.25) is 0 Å². The second-order valence-corrected chi connectivity index (χ2v) is 4.30. The molecule has 0 aliphatic carbocycles. The molecule has 1 unspecified atom stereocenters. The first-order chi connectivity index (χ1) is 6.60. The van der Waals surface area contributed by atoms with Crippen molar-refractivity contribution in [2.24, 2.45) is 5.41 Å². The number of allylic oxidation sites excluding steroid dienone is 2. The third-order valence-corrected chi connectivity index (χ3v) is 2.86. The SMILES string of the molecule is C=CCC(C)(CC=C)C(O)CCCC. The summed E-state index contributed by atoms with van der Waals surface area (Å²) in [4.78, 5) is 0. The van der Waals surface area contributed by atoms with Gasteiger partial charge in [0.25, 0.3) is 0 Å². The summed E-state index contributed by atoms with van der Waals surface area (Å²) in [7, 11) is 0. The van der Waals surface area contributed by atoms with E-state index in [4.69, 9.17) is 0 Å². The van der Waals surface area contributed by atoms with Crippen LogP contribution in [0.25, 0.3) is 0 Å². The van der Waals surface area contributed by atoms with Gasteiger partial charge in [0.2, 0.25) is 0 Å². The molecule has 0 bridgehead atoms. The predicted molar refractivity (Wildman–Crippen MR) is 63.3 cm³/mol. The number of rotatable bonds is 8. The van der Waals surface area contributed by atoms with E-state index in [-0.39, 0.29) is 11.5 Å². The van der Waals surface area contributed by atoms with E-state index in [0.29, 0.717) is 0 Å². The molecule has 0 saturated carbocycles. The smallest absolute Gasteiger partial charge is 0.0599 e. The molecule has 0 aliphatic heterocycles. The van der Waals surface area contributed by atoms with Gasteiger partial charge in [0.15, 0.2) is 0 Å². The first kappa shape index (κ1) is 13.4. The van der Waals surface area contributed by atoms with E-state index in [0.717, 1.165) is 32.1 Å². The van der Waals surface area contributed by atoms with Crippen LogP contribution in [0, 0.1) is 5.41 Å². The quantitative estimate of drug-likeness (QED) is 0.587. The molecule has 0 rings (SSSR count). The lowest BCUT2D eigenvalue weighted by atomic mass is 9.76. The highest BCUT2D eigenvalue weighted by atomic mass is 16.3. The van der Waals surface area contributed by atoms with Gasteiger partial charge < -0.3 is 5.11 Å². The van der Waals surface area contributed by atoms with Crippen molar-refractivity contribution in [1.82, 2.24) is 0 Å². The molecular weight excluding hydrogens is 172 g/mol. The molecule has 14 heavy (non-hydrogen) atoms. The standard InChI is InChI=1S/C13H24O/c1-5-8-9-12(14)13(4,10-6-2)11-7-3/h6-7,12,14H,2-3,5,8-11H2,1,4H3. The van der Waals surface area contributed by atoms with Crippen LogP contribution in [-0.2, 0) is 0 Å². The van der Waals surface area contributed by atoms with E-state index >= 15 is 0 Å². The highest BCUT2D eigenvalue weighted by Crippen LogP contribution is 2.33. The van der Waals surface area contributed by atoms with Crippen LogP contribution in [0.3, 0.4) is 0 Å². The molecule has 0 aliphatic rings. The molecule has 1 atom stereocenters. The first-order valence-corrected chi connectivity index (χ1v) is 5.50. The normalized spacial score (nSPS) is 13.6. The average molecular weight is 196 g/mol. The van der Waals surface area contributed by atoms with Crippen molar-refractivity contribution in [2.45, 2.75) is 52.1 Å². The van der Waals surface area contributed by atoms with E-state index in [1.165, 1.54) is 0 Å². The van der Waals surface area contributed by atoms with E-state index in [1.54, 1.807) is 0 Å². The van der Waals surface area contributed by atoms with E-state index in [1.807, 2.05) is 12.2 Å². The van der Waals surface area contributed by atoms with Crippen LogP contribution in [-0.4, -0.2) is 11.2 Å². The van der Waals surface area contributed by atoms with Crippen molar-refractivity contribution in [2.75, 3.05) is 0 Å². The van der Waals surface area contributed by atoms with E-state index in [2.05, 4.69) is 27.0 Å². The Hall–Kier alpha value is -0.560. The van der Waals surface area contributed by atoms with Gasteiger partial charge in [0.05, 0.1) is 6.10 Å². The van der Waals surface area contributed by atoms with Crippen LogP contribution in [0.5, 0.6) is 0 Å². The fraction of sp³-hybridized carbons (Fsp3) is 0.692. The summed E-state index contributed by atoms with van der Waals surface area (Å²) in [5.74, 6) is 0. The minimum Gasteiger partial charge on any atom is -0.393 e. The highest BCUT2D eigenvalue weighted by Gasteiger charge is 2.29. The van der Waals surface area contributed by atoms with Crippen LogP contribution in [0.1, 0.15) is 46.0 Å². The topological polar surface area (TPSA) is 20.2 Å². The van der Waals surface area contributed by atoms with Gasteiger partial charge >= 0.3 is 0 Å². The Bertz CT molecular complexity index is 162. The molecule has 0 radical (unpaired) electrons. The van der Waals surface area contributed by atoms with Gasteiger partial charge in [0.1, 0.15) is 0 Å². The minimum atomic E-state index is -0.238. The molecule has 1 N–H and O–H groups in total. The van der Waals surface area contributed by atoms with Gasteiger partial charge in [-0.3, -0.25) is 0 Å². The number of hydrogen-bond donors (Lipinski definition) is 1. The van der Waals surface area contributed by atoms with Gasteiger partial charge in [-0.25, -0.2) is 0 Å². The zero-order chi connectivity index (χ0) is 11.0. The Morgan fingerprint density at radius 3 is 2.14 bits per heavy atom. The van der Waals surface area contributed by atoms with Crippen molar-refractivity contribution in [3.05, 3.63) is 25.3 Å². The summed E-state index contributed by atoms with van der Waals surface area (Å²) in [5.41, 5.74) is -0.0708.